The zero-order chi connectivity index (χ0) is 14.5. The predicted octanol–water partition coefficient (Wildman–Crippen LogP) is 0.513. The van der Waals surface area contributed by atoms with E-state index in [4.69, 9.17) is 9.84 Å². The van der Waals surface area contributed by atoms with Gasteiger partial charge in [0.1, 0.15) is 0 Å². The molecule has 6 heteroatoms. The molecular formula is C14H24N2O4. The number of carbonyl (C=O) groups excluding carboxylic acids is 1. The zero-order valence-electron chi connectivity index (χ0n) is 11.9. The highest BCUT2D eigenvalue weighted by Gasteiger charge is 2.31. The molecule has 3 N–H and O–H groups in total. The molecule has 2 fully saturated rings. The molecule has 2 rings (SSSR count). The summed E-state index contributed by atoms with van der Waals surface area (Å²) < 4.78 is 5.37. The van der Waals surface area contributed by atoms with Crippen LogP contribution in [0.2, 0.25) is 0 Å². The number of ether oxygens (including phenoxy) is 1. The molecule has 0 saturated carbocycles. The van der Waals surface area contributed by atoms with Crippen molar-refractivity contribution in [3.8, 4) is 0 Å². The van der Waals surface area contributed by atoms with Crippen molar-refractivity contribution in [2.75, 3.05) is 13.1 Å². The minimum absolute atomic E-state index is 0.00512. The van der Waals surface area contributed by atoms with Gasteiger partial charge >= 0.3 is 5.97 Å². The van der Waals surface area contributed by atoms with Crippen LogP contribution in [0.15, 0.2) is 0 Å². The van der Waals surface area contributed by atoms with E-state index in [1.807, 2.05) is 0 Å². The van der Waals surface area contributed by atoms with Crippen LogP contribution in [0.25, 0.3) is 0 Å². The van der Waals surface area contributed by atoms with Crippen LogP contribution in [0.3, 0.4) is 0 Å². The highest BCUT2D eigenvalue weighted by atomic mass is 16.5. The lowest BCUT2D eigenvalue weighted by Gasteiger charge is -2.29. The molecule has 0 aromatic carbocycles. The maximum Gasteiger partial charge on any atom is 0.332 e. The van der Waals surface area contributed by atoms with Gasteiger partial charge in [0, 0.05) is 6.54 Å². The maximum absolute atomic E-state index is 12.1. The number of carboxylic acids is 1. The van der Waals surface area contributed by atoms with E-state index in [9.17, 15) is 9.59 Å². The molecule has 1 amide bonds. The summed E-state index contributed by atoms with van der Waals surface area (Å²) in [4.78, 5) is 22.9. The Morgan fingerprint density at radius 3 is 2.80 bits per heavy atom. The van der Waals surface area contributed by atoms with Crippen molar-refractivity contribution < 1.29 is 19.4 Å². The number of aliphatic carboxylic acids is 1. The number of nitrogens with one attached hydrogen (secondary N) is 2. The Balaban J connectivity index is 1.71. The van der Waals surface area contributed by atoms with Gasteiger partial charge in [-0.05, 0) is 38.1 Å². The van der Waals surface area contributed by atoms with Crippen LogP contribution >= 0.6 is 0 Å². The first-order valence-corrected chi connectivity index (χ1v) is 7.49. The van der Waals surface area contributed by atoms with E-state index in [1.165, 1.54) is 0 Å². The van der Waals surface area contributed by atoms with Crippen molar-refractivity contribution in [2.24, 2.45) is 5.92 Å². The Morgan fingerprint density at radius 1 is 1.35 bits per heavy atom. The van der Waals surface area contributed by atoms with Crippen LogP contribution in [0, 0.1) is 5.92 Å². The second-order valence-electron chi connectivity index (χ2n) is 5.71. The fraction of sp³-hybridized carbons (Fsp3) is 0.857. The van der Waals surface area contributed by atoms with Crippen molar-refractivity contribution in [2.45, 2.75) is 57.3 Å². The molecule has 0 aromatic heterocycles. The van der Waals surface area contributed by atoms with Gasteiger partial charge in [0.15, 0.2) is 6.10 Å². The minimum atomic E-state index is -0.918. The van der Waals surface area contributed by atoms with Crippen molar-refractivity contribution in [1.29, 1.82) is 0 Å². The third-order valence-corrected chi connectivity index (χ3v) is 4.29. The summed E-state index contributed by atoms with van der Waals surface area (Å²) in [5.74, 6) is -0.296. The molecule has 0 radical (unpaired) electrons. The van der Waals surface area contributed by atoms with E-state index in [0.717, 1.165) is 25.8 Å². The van der Waals surface area contributed by atoms with Gasteiger partial charge in [-0.1, -0.05) is 13.3 Å². The van der Waals surface area contributed by atoms with Gasteiger partial charge < -0.3 is 20.5 Å². The van der Waals surface area contributed by atoms with Gasteiger partial charge in [-0.25, -0.2) is 4.79 Å². The fourth-order valence-electron chi connectivity index (χ4n) is 2.94. The van der Waals surface area contributed by atoms with Gasteiger partial charge in [0.05, 0.1) is 12.1 Å². The summed E-state index contributed by atoms with van der Waals surface area (Å²) in [6.07, 6.45) is 3.44. The summed E-state index contributed by atoms with van der Waals surface area (Å²) in [6, 6.07) is -0.120. The van der Waals surface area contributed by atoms with Crippen LogP contribution in [-0.4, -0.2) is 48.3 Å². The lowest BCUT2D eigenvalue weighted by atomic mass is 9.90. The van der Waals surface area contributed by atoms with E-state index in [-0.39, 0.29) is 18.1 Å². The monoisotopic (exact) mass is 284 g/mol. The average molecular weight is 284 g/mol. The van der Waals surface area contributed by atoms with Crippen molar-refractivity contribution in [1.82, 2.24) is 10.6 Å². The number of piperidine rings is 1. The maximum atomic E-state index is 12.1. The zero-order valence-corrected chi connectivity index (χ0v) is 11.9. The Hall–Kier alpha value is -1.14. The van der Waals surface area contributed by atoms with E-state index in [0.29, 0.717) is 25.3 Å². The smallest absolute Gasteiger partial charge is 0.332 e. The summed E-state index contributed by atoms with van der Waals surface area (Å²) in [6.45, 7) is 3.44. The van der Waals surface area contributed by atoms with E-state index in [1.54, 1.807) is 0 Å². The van der Waals surface area contributed by atoms with Crippen molar-refractivity contribution in [3.63, 3.8) is 0 Å². The summed E-state index contributed by atoms with van der Waals surface area (Å²) in [5.41, 5.74) is 0. The normalized spacial score (nSPS) is 33.9. The second-order valence-corrected chi connectivity index (χ2v) is 5.71. The number of rotatable bonds is 5. The largest absolute Gasteiger partial charge is 0.479 e. The molecule has 4 atom stereocenters. The number of amides is 1. The highest BCUT2D eigenvalue weighted by Crippen LogP contribution is 2.21. The van der Waals surface area contributed by atoms with Crippen molar-refractivity contribution >= 4 is 11.9 Å². The summed E-state index contributed by atoms with van der Waals surface area (Å²) in [5, 5.41) is 15.0. The van der Waals surface area contributed by atoms with Gasteiger partial charge in [0.25, 0.3) is 0 Å². The van der Waals surface area contributed by atoms with Gasteiger partial charge in [0.2, 0.25) is 5.91 Å². The molecule has 0 spiro atoms. The second kappa shape index (κ2) is 7.04. The Labute approximate surface area is 119 Å². The SMILES string of the molecule is CCC1CCNC(C(=O)NCC2CCC(C(=O)O)O2)C1. The predicted molar refractivity (Wildman–Crippen MR) is 73.3 cm³/mol. The van der Waals surface area contributed by atoms with Gasteiger partial charge in [-0.15, -0.1) is 0 Å². The molecule has 0 bridgehead atoms. The molecule has 2 aliphatic heterocycles. The first-order valence-electron chi connectivity index (χ1n) is 7.49. The van der Waals surface area contributed by atoms with Crippen LogP contribution in [-0.2, 0) is 14.3 Å². The fourth-order valence-corrected chi connectivity index (χ4v) is 2.94. The number of hydrogen-bond donors (Lipinski definition) is 3. The first-order chi connectivity index (χ1) is 9.60. The van der Waals surface area contributed by atoms with Crippen LogP contribution in [0.1, 0.15) is 39.0 Å². The molecular weight excluding hydrogens is 260 g/mol. The molecule has 6 nitrogen and oxygen atoms in total. The molecule has 4 unspecified atom stereocenters. The molecule has 0 aliphatic carbocycles. The standard InChI is InChI=1S/C14H24N2O4/c1-2-9-5-6-15-11(7-9)13(17)16-8-10-3-4-12(20-10)14(18)19/h9-12,15H,2-8H2,1H3,(H,16,17)(H,18,19). The molecule has 2 saturated heterocycles. The highest BCUT2D eigenvalue weighted by molar-refractivity contribution is 5.81. The lowest BCUT2D eigenvalue weighted by molar-refractivity contribution is -0.149. The third kappa shape index (κ3) is 3.93. The van der Waals surface area contributed by atoms with E-state index >= 15 is 0 Å². The minimum Gasteiger partial charge on any atom is -0.479 e. The van der Waals surface area contributed by atoms with Crippen LogP contribution < -0.4 is 10.6 Å². The van der Waals surface area contributed by atoms with Crippen LogP contribution in [0.5, 0.6) is 0 Å². The van der Waals surface area contributed by atoms with E-state index < -0.39 is 12.1 Å². The van der Waals surface area contributed by atoms with Crippen LogP contribution in [0.4, 0.5) is 0 Å². The third-order valence-electron chi connectivity index (χ3n) is 4.29. The van der Waals surface area contributed by atoms with Gasteiger partial charge in [-0.2, -0.15) is 0 Å². The Morgan fingerprint density at radius 2 is 2.15 bits per heavy atom. The molecule has 2 heterocycles. The topological polar surface area (TPSA) is 87.7 Å². The Bertz CT molecular complexity index is 361. The number of hydrogen-bond acceptors (Lipinski definition) is 4. The number of carboxylic acid groups (broad SMARTS) is 1. The summed E-state index contributed by atoms with van der Waals surface area (Å²) in [7, 11) is 0. The van der Waals surface area contributed by atoms with Gasteiger partial charge in [-0.3, -0.25) is 4.79 Å². The molecule has 114 valence electrons. The average Bonchev–Trinajstić information content (AvgIpc) is 2.94. The van der Waals surface area contributed by atoms with Crippen molar-refractivity contribution in [3.05, 3.63) is 0 Å². The van der Waals surface area contributed by atoms with E-state index in [2.05, 4.69) is 17.6 Å². The summed E-state index contributed by atoms with van der Waals surface area (Å²) >= 11 is 0. The quantitative estimate of drug-likeness (QED) is 0.685. The first kappa shape index (κ1) is 15.3. The molecule has 2 aliphatic rings. The lowest BCUT2D eigenvalue weighted by Crippen LogP contribution is -2.50. The molecule has 20 heavy (non-hydrogen) atoms. The Kier molecular flexibility index (Phi) is 5.37. The number of carbonyl (C=O) groups is 2. The molecule has 0 aromatic rings.